The zero-order valence-electron chi connectivity index (χ0n) is 14.1. The first-order valence-corrected chi connectivity index (χ1v) is 7.73. The van der Waals surface area contributed by atoms with Crippen LogP contribution in [0.4, 0.5) is 4.79 Å². The topological polar surface area (TPSA) is 75.9 Å². The zero-order valence-corrected chi connectivity index (χ0v) is 14.9. The number of carbonyl (C=O) groups excluding carboxylic acids is 1. The highest BCUT2D eigenvalue weighted by Crippen LogP contribution is 2.17. The third-order valence-corrected chi connectivity index (χ3v) is 3.29. The van der Waals surface area contributed by atoms with Gasteiger partial charge in [-0.3, -0.25) is 4.90 Å². The van der Waals surface area contributed by atoms with Crippen LogP contribution in [0.1, 0.15) is 32.4 Å². The number of rotatable bonds is 2. The highest BCUT2D eigenvalue weighted by atomic mass is 32.1. The molecule has 0 N–H and O–H groups in total. The minimum atomic E-state index is -0.518. The van der Waals surface area contributed by atoms with Crippen LogP contribution in [0.25, 0.3) is 0 Å². The molecule has 0 aromatic carbocycles. The van der Waals surface area contributed by atoms with Crippen molar-refractivity contribution in [3.63, 3.8) is 0 Å². The molecule has 0 bridgehead atoms. The van der Waals surface area contributed by atoms with E-state index in [0.717, 1.165) is 0 Å². The van der Waals surface area contributed by atoms with Gasteiger partial charge in [0, 0.05) is 27.2 Å². The average Bonchev–Trinajstić information content (AvgIpc) is 2.85. The van der Waals surface area contributed by atoms with Crippen molar-refractivity contribution in [2.45, 2.75) is 39.5 Å². The van der Waals surface area contributed by atoms with Crippen LogP contribution in [0.3, 0.4) is 0 Å². The van der Waals surface area contributed by atoms with Crippen LogP contribution in [0.2, 0.25) is 0 Å². The van der Waals surface area contributed by atoms with Crippen molar-refractivity contribution < 1.29 is 9.53 Å². The average molecular weight is 338 g/mol. The summed E-state index contributed by atoms with van der Waals surface area (Å²) in [6.07, 6.45) is 1.28. The lowest BCUT2D eigenvalue weighted by Crippen LogP contribution is -2.42. The van der Waals surface area contributed by atoms with Gasteiger partial charge in [0.25, 0.3) is 0 Å². The fourth-order valence-corrected chi connectivity index (χ4v) is 2.22. The monoisotopic (exact) mass is 338 g/mol. The molecule has 0 radical (unpaired) electrons. The van der Waals surface area contributed by atoms with E-state index in [4.69, 9.17) is 17.0 Å². The van der Waals surface area contributed by atoms with E-state index in [1.807, 2.05) is 39.4 Å². The lowest BCUT2D eigenvalue weighted by atomic mass is 10.2. The van der Waals surface area contributed by atoms with E-state index in [0.29, 0.717) is 36.3 Å². The fourth-order valence-electron chi connectivity index (χ4n) is 2.02. The highest BCUT2D eigenvalue weighted by Gasteiger charge is 2.28. The minimum absolute atomic E-state index is 0.346. The van der Waals surface area contributed by atoms with Crippen LogP contribution >= 0.6 is 12.2 Å². The summed E-state index contributed by atoms with van der Waals surface area (Å²) < 4.78 is 7.29. The number of aliphatic imine (C=N–C) groups is 1. The van der Waals surface area contributed by atoms with E-state index in [1.165, 1.54) is 0 Å². The Bertz CT molecular complexity index is 632. The van der Waals surface area contributed by atoms with Crippen molar-refractivity contribution >= 4 is 29.6 Å². The molecule has 2 heterocycles. The predicted octanol–water partition coefficient (Wildman–Crippen LogP) is 1.29. The molecule has 0 saturated carbocycles. The number of thiocarbonyl (C=S) groups is 1. The predicted molar refractivity (Wildman–Crippen MR) is 90.5 cm³/mol. The summed E-state index contributed by atoms with van der Waals surface area (Å²) in [7, 11) is 3.73. The van der Waals surface area contributed by atoms with Crippen LogP contribution in [-0.2, 0) is 17.8 Å². The summed E-state index contributed by atoms with van der Waals surface area (Å²) in [5.41, 5.74) is -0.518. The van der Waals surface area contributed by atoms with E-state index in [1.54, 1.807) is 16.1 Å². The van der Waals surface area contributed by atoms with Crippen molar-refractivity contribution in [3.8, 4) is 0 Å². The Balaban J connectivity index is 2.10. The van der Waals surface area contributed by atoms with Crippen LogP contribution < -0.4 is 0 Å². The lowest BCUT2D eigenvalue weighted by Gasteiger charge is -2.30. The van der Waals surface area contributed by atoms with Crippen LogP contribution in [0, 0.1) is 0 Å². The summed E-state index contributed by atoms with van der Waals surface area (Å²) in [5, 5.41) is 8.23. The zero-order chi connectivity index (χ0) is 17.2. The van der Waals surface area contributed by atoms with Crippen molar-refractivity contribution in [2.75, 3.05) is 20.6 Å². The molecule has 23 heavy (non-hydrogen) atoms. The first-order chi connectivity index (χ1) is 10.7. The highest BCUT2D eigenvalue weighted by molar-refractivity contribution is 7.80. The van der Waals surface area contributed by atoms with Gasteiger partial charge in [-0.1, -0.05) is 12.2 Å². The van der Waals surface area contributed by atoms with E-state index < -0.39 is 5.60 Å². The molecule has 1 aliphatic heterocycles. The number of carbonyl (C=O) groups is 1. The molecule has 9 heteroatoms. The first kappa shape index (κ1) is 17.3. The number of ether oxygens (including phenoxy) is 1. The number of nitrogens with zero attached hydrogens (tertiary/aromatic N) is 6. The Labute approximate surface area is 141 Å². The first-order valence-electron chi connectivity index (χ1n) is 7.32. The maximum atomic E-state index is 12.1. The number of hydrogen-bond donors (Lipinski definition) is 0. The summed E-state index contributed by atoms with van der Waals surface area (Å²) in [4.78, 5) is 20.1. The number of amides is 1. The molecule has 8 nitrogen and oxygen atoms in total. The van der Waals surface area contributed by atoms with Gasteiger partial charge in [-0.25, -0.2) is 9.79 Å². The summed E-state index contributed by atoms with van der Waals surface area (Å²) in [6.45, 7) is 6.97. The molecular weight excluding hydrogens is 316 g/mol. The van der Waals surface area contributed by atoms with Gasteiger partial charge >= 0.3 is 6.09 Å². The second kappa shape index (κ2) is 6.61. The van der Waals surface area contributed by atoms with Crippen LogP contribution in [-0.4, -0.2) is 68.2 Å². The summed E-state index contributed by atoms with van der Waals surface area (Å²) in [5.74, 6) is 1.23. The molecule has 2 rings (SSSR count). The number of hydrogen-bond acceptors (Lipinski definition) is 5. The fraction of sp³-hybridized carbons (Fsp3) is 0.643. The molecule has 1 aromatic heterocycles. The normalized spacial score (nSPS) is 14.7. The Kier molecular flexibility index (Phi) is 4.98. The molecule has 1 aliphatic rings. The van der Waals surface area contributed by atoms with Gasteiger partial charge in [0.05, 0.1) is 12.9 Å². The molecule has 1 aromatic rings. The number of fused-ring (bicyclic) bond motifs is 1. The molecule has 0 saturated heterocycles. The standard InChI is InChI=1S/C14H22N6O2S/c1-14(2,3)22-13(21)19-6-7-20-10(8-19)16-17-11(20)12(23)15-9-18(4)5/h9H,6-8H2,1-5H3/b15-9+. The molecule has 1 amide bonds. The molecule has 0 fully saturated rings. The largest absolute Gasteiger partial charge is 0.444 e. The van der Waals surface area contributed by atoms with Gasteiger partial charge in [0.2, 0.25) is 0 Å². The third-order valence-electron chi connectivity index (χ3n) is 3.00. The Hall–Kier alpha value is -2.03. The minimum Gasteiger partial charge on any atom is -0.444 e. The third kappa shape index (κ3) is 4.47. The molecule has 0 unspecified atom stereocenters. The maximum absolute atomic E-state index is 12.1. The summed E-state index contributed by atoms with van der Waals surface area (Å²) in [6, 6.07) is 0. The lowest BCUT2D eigenvalue weighted by molar-refractivity contribution is 0.0195. The Morgan fingerprint density at radius 2 is 2.04 bits per heavy atom. The van der Waals surface area contributed by atoms with Crippen molar-refractivity contribution in [1.29, 1.82) is 0 Å². The Morgan fingerprint density at radius 3 is 2.65 bits per heavy atom. The Morgan fingerprint density at radius 1 is 1.35 bits per heavy atom. The van der Waals surface area contributed by atoms with Crippen molar-refractivity contribution in [2.24, 2.45) is 4.99 Å². The summed E-state index contributed by atoms with van der Waals surface area (Å²) >= 11 is 5.28. The number of aromatic nitrogens is 3. The quantitative estimate of drug-likeness (QED) is 0.459. The van der Waals surface area contributed by atoms with Crippen LogP contribution in [0.5, 0.6) is 0 Å². The van der Waals surface area contributed by atoms with Gasteiger partial charge < -0.3 is 14.2 Å². The second-order valence-electron chi connectivity index (χ2n) is 6.51. The van der Waals surface area contributed by atoms with Gasteiger partial charge in [-0.15, -0.1) is 10.2 Å². The smallest absolute Gasteiger partial charge is 0.410 e. The van der Waals surface area contributed by atoms with Crippen molar-refractivity contribution in [1.82, 2.24) is 24.6 Å². The van der Waals surface area contributed by atoms with E-state index in [9.17, 15) is 4.79 Å². The molecular formula is C14H22N6O2S. The van der Waals surface area contributed by atoms with E-state index >= 15 is 0 Å². The molecule has 0 atom stereocenters. The van der Waals surface area contributed by atoms with E-state index in [2.05, 4.69) is 15.2 Å². The van der Waals surface area contributed by atoms with Gasteiger partial charge in [-0.2, -0.15) is 0 Å². The molecule has 0 aliphatic carbocycles. The van der Waals surface area contributed by atoms with Crippen molar-refractivity contribution in [3.05, 3.63) is 11.6 Å². The van der Waals surface area contributed by atoms with Gasteiger partial charge in [0.15, 0.2) is 16.6 Å². The molecule has 126 valence electrons. The second-order valence-corrected chi connectivity index (χ2v) is 6.89. The van der Waals surface area contributed by atoms with E-state index in [-0.39, 0.29) is 6.09 Å². The van der Waals surface area contributed by atoms with Crippen LogP contribution in [0.15, 0.2) is 4.99 Å². The van der Waals surface area contributed by atoms with Gasteiger partial charge in [0.1, 0.15) is 5.60 Å². The molecule has 0 spiro atoms. The van der Waals surface area contributed by atoms with Gasteiger partial charge in [-0.05, 0) is 20.8 Å². The SMILES string of the molecule is CN(C)/C=N/C(=S)c1nnc2n1CCN(C(=O)OC(C)(C)C)C2. The maximum Gasteiger partial charge on any atom is 0.410 e.